The number of carbonyl (C=O) groups is 3. The van der Waals surface area contributed by atoms with Crippen molar-refractivity contribution in [2.75, 3.05) is 13.1 Å². The van der Waals surface area contributed by atoms with E-state index >= 15 is 0 Å². The molecular formula is C35H39N5O4S. The van der Waals surface area contributed by atoms with Crippen molar-refractivity contribution < 1.29 is 19.5 Å². The lowest BCUT2D eigenvalue weighted by Gasteiger charge is -2.41. The van der Waals surface area contributed by atoms with Crippen molar-refractivity contribution in [3.63, 3.8) is 0 Å². The predicted molar refractivity (Wildman–Crippen MR) is 177 cm³/mol. The molecule has 9 nitrogen and oxygen atoms in total. The van der Waals surface area contributed by atoms with Crippen LogP contribution in [0.15, 0.2) is 96.4 Å². The van der Waals surface area contributed by atoms with E-state index in [0.29, 0.717) is 34.8 Å². The molecule has 3 amide bonds. The molecule has 234 valence electrons. The van der Waals surface area contributed by atoms with Crippen molar-refractivity contribution in [1.82, 2.24) is 20.1 Å². The molecule has 3 aromatic rings. The van der Waals surface area contributed by atoms with Crippen LogP contribution in [-0.4, -0.2) is 78.7 Å². The zero-order valence-corrected chi connectivity index (χ0v) is 26.8. The first-order valence-electron chi connectivity index (χ1n) is 15.1. The van der Waals surface area contributed by atoms with Gasteiger partial charge in [0, 0.05) is 28.9 Å². The van der Waals surface area contributed by atoms with Gasteiger partial charge in [0.05, 0.1) is 23.3 Å². The Kier molecular flexibility index (Phi) is 9.84. The summed E-state index contributed by atoms with van der Waals surface area (Å²) in [5.74, 6) is -1.35. The van der Waals surface area contributed by atoms with Gasteiger partial charge in [-0.25, -0.2) is 0 Å². The van der Waals surface area contributed by atoms with E-state index in [2.05, 4.69) is 29.1 Å². The third kappa shape index (κ3) is 7.51. The fourth-order valence-corrected chi connectivity index (χ4v) is 6.67. The number of amides is 3. The van der Waals surface area contributed by atoms with Crippen molar-refractivity contribution >= 4 is 40.2 Å². The average molecular weight is 626 g/mol. The van der Waals surface area contributed by atoms with Gasteiger partial charge in [0.2, 0.25) is 5.91 Å². The molecule has 1 aromatic heterocycles. The number of aliphatic hydroxyl groups is 1. The second-order valence-electron chi connectivity index (χ2n) is 12.3. The Morgan fingerprint density at radius 2 is 1.67 bits per heavy atom. The smallest absolute Gasteiger partial charge is 0.258 e. The lowest BCUT2D eigenvalue weighted by Crippen LogP contribution is -2.57. The topological polar surface area (TPSA) is 115 Å². The van der Waals surface area contributed by atoms with Gasteiger partial charge in [-0.15, -0.1) is 11.8 Å². The molecule has 0 bridgehead atoms. The van der Waals surface area contributed by atoms with E-state index in [9.17, 15) is 19.5 Å². The Morgan fingerprint density at radius 3 is 2.27 bits per heavy atom. The van der Waals surface area contributed by atoms with Crippen LogP contribution in [0, 0.1) is 5.92 Å². The minimum Gasteiger partial charge on any atom is -0.384 e. The minimum absolute atomic E-state index is 0.140. The quantitative estimate of drug-likeness (QED) is 0.345. The van der Waals surface area contributed by atoms with Crippen LogP contribution in [0.3, 0.4) is 0 Å². The Hall–Kier alpha value is -4.28. The van der Waals surface area contributed by atoms with Crippen LogP contribution in [0.5, 0.6) is 0 Å². The Morgan fingerprint density at radius 1 is 1.02 bits per heavy atom. The van der Waals surface area contributed by atoms with Crippen LogP contribution in [-0.2, 0) is 16.0 Å². The van der Waals surface area contributed by atoms with Gasteiger partial charge in [-0.2, -0.15) is 0 Å². The molecule has 3 heterocycles. The summed E-state index contributed by atoms with van der Waals surface area (Å²) in [6.45, 7) is 8.18. The maximum atomic E-state index is 14.3. The van der Waals surface area contributed by atoms with Gasteiger partial charge in [0.1, 0.15) is 18.7 Å². The van der Waals surface area contributed by atoms with Gasteiger partial charge in [-0.1, -0.05) is 74.5 Å². The number of aromatic nitrogens is 1. The maximum absolute atomic E-state index is 14.3. The number of rotatable bonds is 10. The van der Waals surface area contributed by atoms with Gasteiger partial charge in [0.15, 0.2) is 0 Å². The fourth-order valence-electron chi connectivity index (χ4n) is 5.56. The van der Waals surface area contributed by atoms with E-state index in [1.807, 2.05) is 74.5 Å². The highest BCUT2D eigenvalue weighted by molar-refractivity contribution is 8.15. The first-order valence-corrected chi connectivity index (χ1v) is 15.9. The molecule has 0 saturated heterocycles. The van der Waals surface area contributed by atoms with E-state index < -0.39 is 24.1 Å². The summed E-state index contributed by atoms with van der Waals surface area (Å²) >= 11 is 1.51. The van der Waals surface area contributed by atoms with Gasteiger partial charge >= 0.3 is 0 Å². The third-order valence-corrected chi connectivity index (χ3v) is 9.07. The number of aliphatic imine (C=N–C) groups is 1. The maximum Gasteiger partial charge on any atom is 0.258 e. The monoisotopic (exact) mass is 625 g/mol. The summed E-state index contributed by atoms with van der Waals surface area (Å²) in [4.78, 5) is 53.3. The van der Waals surface area contributed by atoms with E-state index in [1.54, 1.807) is 30.7 Å². The van der Waals surface area contributed by atoms with Crippen molar-refractivity contribution in [2.45, 2.75) is 57.1 Å². The molecule has 2 aliphatic rings. The number of nitrogens with zero attached hydrogens (tertiary/aromatic N) is 4. The summed E-state index contributed by atoms with van der Waals surface area (Å²) in [5.41, 5.74) is 2.49. The van der Waals surface area contributed by atoms with Crippen LogP contribution in [0.1, 0.15) is 49.2 Å². The molecule has 0 spiro atoms. The molecule has 2 aliphatic heterocycles. The molecule has 45 heavy (non-hydrogen) atoms. The van der Waals surface area contributed by atoms with Gasteiger partial charge in [-0.3, -0.25) is 29.3 Å². The number of benzene rings is 2. The first kappa shape index (κ1) is 32.1. The number of hydrogen-bond donors (Lipinski definition) is 2. The van der Waals surface area contributed by atoms with Crippen LogP contribution in [0.25, 0.3) is 5.70 Å². The third-order valence-electron chi connectivity index (χ3n) is 7.81. The number of nitrogens with one attached hydrogen (secondary N) is 1. The molecule has 2 aromatic carbocycles. The van der Waals surface area contributed by atoms with Gasteiger partial charge in [-0.05, 0) is 49.4 Å². The highest BCUT2D eigenvalue weighted by atomic mass is 32.2. The molecule has 2 unspecified atom stereocenters. The fraction of sp³-hybridized carbons (Fsp3) is 0.343. The van der Waals surface area contributed by atoms with E-state index in [4.69, 9.17) is 0 Å². The summed E-state index contributed by atoms with van der Waals surface area (Å²) in [6, 6.07) is 20.6. The molecule has 5 rings (SSSR count). The Bertz CT molecular complexity index is 1580. The number of carbonyl (C=O) groups excluding carboxylic acids is 3. The molecule has 10 heteroatoms. The summed E-state index contributed by atoms with van der Waals surface area (Å²) in [7, 11) is 0. The van der Waals surface area contributed by atoms with Crippen LogP contribution < -0.4 is 5.32 Å². The Balaban J connectivity index is 1.45. The zero-order valence-electron chi connectivity index (χ0n) is 26.0. The average Bonchev–Trinajstić information content (AvgIpc) is 3.41. The van der Waals surface area contributed by atoms with Gasteiger partial charge < -0.3 is 15.3 Å². The number of hydrogen-bond acceptors (Lipinski definition) is 7. The van der Waals surface area contributed by atoms with E-state index in [0.717, 1.165) is 5.56 Å². The first-order chi connectivity index (χ1) is 21.5. The lowest BCUT2D eigenvalue weighted by molar-refractivity contribution is -0.138. The highest BCUT2D eigenvalue weighted by Gasteiger charge is 2.42. The van der Waals surface area contributed by atoms with Crippen molar-refractivity contribution in [2.24, 2.45) is 10.9 Å². The molecular weight excluding hydrogens is 586 g/mol. The molecule has 3 atom stereocenters. The number of thioether (sulfide) groups is 1. The van der Waals surface area contributed by atoms with Crippen molar-refractivity contribution in [3.05, 3.63) is 108 Å². The molecule has 0 aliphatic carbocycles. The standard InChI is InChI=1S/C35H39N5O4S/c1-23(2)30-34(44)39(28(25-13-9-6-10-14-25)20-40(30)33(43)26-15-17-36-18-16-26)21-29(41)38-27(19-24-11-7-5-8-12-24)31(42)32-37-22-35(3,4)45-32/h5-18,20,23,27,30-31,42H,19,21-22H2,1-4H3,(H,38,41)/t27?,30-,31?/m1/s1. The summed E-state index contributed by atoms with van der Waals surface area (Å²) in [5, 5.41) is 15.1. The summed E-state index contributed by atoms with van der Waals surface area (Å²) < 4.78 is -0.140. The minimum atomic E-state index is -1.01. The number of pyridine rings is 1. The lowest BCUT2D eigenvalue weighted by atomic mass is 9.96. The normalized spacial score (nSPS) is 19.2. The van der Waals surface area contributed by atoms with Gasteiger partial charge in [0.25, 0.3) is 11.8 Å². The van der Waals surface area contributed by atoms with E-state index in [1.165, 1.54) is 21.6 Å². The molecule has 0 radical (unpaired) electrons. The van der Waals surface area contributed by atoms with E-state index in [-0.39, 0.29) is 29.0 Å². The van der Waals surface area contributed by atoms with Crippen molar-refractivity contribution in [1.29, 1.82) is 0 Å². The van der Waals surface area contributed by atoms with Crippen LogP contribution in [0.4, 0.5) is 0 Å². The number of aliphatic hydroxyl groups excluding tert-OH is 1. The Labute approximate surface area is 268 Å². The second-order valence-corrected chi connectivity index (χ2v) is 14.0. The predicted octanol–water partition coefficient (Wildman–Crippen LogP) is 4.40. The highest BCUT2D eigenvalue weighted by Crippen LogP contribution is 2.34. The van der Waals surface area contributed by atoms with Crippen LogP contribution in [0.2, 0.25) is 0 Å². The molecule has 0 fully saturated rings. The SMILES string of the molecule is CC(C)[C@@H]1C(=O)N(CC(=O)NC(Cc2ccccc2)C(O)C2=NCC(C)(C)S2)C(c2ccccc2)=CN1C(=O)c1ccncc1. The summed E-state index contributed by atoms with van der Waals surface area (Å²) in [6.07, 6.45) is 4.11. The second kappa shape index (κ2) is 13.8. The molecule has 0 saturated carbocycles. The largest absolute Gasteiger partial charge is 0.384 e. The molecule has 2 N–H and O–H groups in total. The zero-order chi connectivity index (χ0) is 32.1. The van der Waals surface area contributed by atoms with Crippen molar-refractivity contribution in [3.8, 4) is 0 Å². The van der Waals surface area contributed by atoms with Crippen LogP contribution >= 0.6 is 11.8 Å².